The minimum Gasteiger partial charge on any atom is -0.497 e. The highest BCUT2D eigenvalue weighted by Crippen LogP contribution is 2.37. The first-order chi connectivity index (χ1) is 20.1. The highest BCUT2D eigenvalue weighted by molar-refractivity contribution is 6.00. The molecule has 4 aromatic rings. The van der Waals surface area contributed by atoms with Crippen LogP contribution in [0.25, 0.3) is 16.9 Å². The van der Waals surface area contributed by atoms with Gasteiger partial charge in [0.2, 0.25) is 0 Å². The van der Waals surface area contributed by atoms with Crippen LogP contribution in [-0.2, 0) is 6.18 Å². The number of hydrogen-bond acceptors (Lipinski definition) is 7. The quantitative estimate of drug-likeness (QED) is 0.321. The largest absolute Gasteiger partial charge is 0.497 e. The van der Waals surface area contributed by atoms with Gasteiger partial charge in [-0.15, -0.1) is 0 Å². The van der Waals surface area contributed by atoms with Crippen molar-refractivity contribution in [2.75, 3.05) is 47.0 Å². The SMILES string of the molecule is COc1ccc(-c2nc3c(C(=O)N4CCN([C@H](CO)c5c(F)cccc5OC)CC4)cnn3c(C(F)(F)F)c2C)cc1. The van der Waals surface area contributed by atoms with Gasteiger partial charge in [0, 0.05) is 42.9 Å². The van der Waals surface area contributed by atoms with Crippen molar-refractivity contribution >= 4 is 11.6 Å². The van der Waals surface area contributed by atoms with Gasteiger partial charge in [0.05, 0.1) is 38.8 Å². The van der Waals surface area contributed by atoms with E-state index in [0.717, 1.165) is 6.20 Å². The molecule has 13 heteroatoms. The molecule has 0 aliphatic carbocycles. The summed E-state index contributed by atoms with van der Waals surface area (Å²) in [4.78, 5) is 21.4. The molecular formula is C29H29F4N5O4. The summed E-state index contributed by atoms with van der Waals surface area (Å²) in [6.45, 7) is 1.88. The van der Waals surface area contributed by atoms with E-state index in [2.05, 4.69) is 10.1 Å². The smallest absolute Gasteiger partial charge is 0.433 e. The van der Waals surface area contributed by atoms with Crippen molar-refractivity contribution < 1.29 is 36.9 Å². The maximum atomic E-state index is 14.7. The Morgan fingerprint density at radius 1 is 1.05 bits per heavy atom. The standard InChI is InChI=1S/C29H29F4N5O4/c1-17-25(18-7-9-19(41-2)10-8-18)35-27-20(15-34-38(27)26(17)29(31,32)33)28(40)37-13-11-36(12-14-37)22(16-39)24-21(30)5-4-6-23(24)42-3/h4-10,15,22,39H,11-14,16H2,1-3H3/t22-/m1/s1. The molecular weight excluding hydrogens is 558 g/mol. The second-order valence-electron chi connectivity index (χ2n) is 9.84. The fraction of sp³-hybridized carbons (Fsp3) is 0.345. The summed E-state index contributed by atoms with van der Waals surface area (Å²) >= 11 is 0. The molecule has 9 nitrogen and oxygen atoms in total. The lowest BCUT2D eigenvalue weighted by Crippen LogP contribution is -2.50. The van der Waals surface area contributed by atoms with E-state index in [1.807, 2.05) is 4.90 Å². The van der Waals surface area contributed by atoms with Gasteiger partial charge >= 0.3 is 6.18 Å². The van der Waals surface area contributed by atoms with Crippen molar-refractivity contribution in [1.29, 1.82) is 0 Å². The Morgan fingerprint density at radius 3 is 2.33 bits per heavy atom. The number of rotatable bonds is 7. The fourth-order valence-corrected chi connectivity index (χ4v) is 5.40. The van der Waals surface area contributed by atoms with Crippen LogP contribution in [0.4, 0.5) is 17.6 Å². The number of benzene rings is 2. The minimum absolute atomic E-state index is 0.0708. The number of aromatic nitrogens is 3. The van der Waals surface area contributed by atoms with Crippen LogP contribution < -0.4 is 9.47 Å². The average Bonchev–Trinajstić information content (AvgIpc) is 3.40. The number of aliphatic hydroxyl groups excluding tert-OH is 1. The first kappa shape index (κ1) is 29.3. The Kier molecular flexibility index (Phi) is 8.06. The summed E-state index contributed by atoms with van der Waals surface area (Å²) in [7, 11) is 2.90. The van der Waals surface area contributed by atoms with Gasteiger partial charge in [-0.3, -0.25) is 9.69 Å². The number of piperazine rings is 1. The van der Waals surface area contributed by atoms with E-state index in [-0.39, 0.29) is 60.8 Å². The molecule has 222 valence electrons. The van der Waals surface area contributed by atoms with E-state index in [1.165, 1.54) is 38.2 Å². The zero-order valence-corrected chi connectivity index (χ0v) is 23.2. The molecule has 1 aliphatic heterocycles. The normalized spacial score (nSPS) is 15.2. The Bertz CT molecular complexity index is 1600. The van der Waals surface area contributed by atoms with Gasteiger partial charge in [-0.05, 0) is 43.3 Å². The zero-order chi connectivity index (χ0) is 30.2. The molecule has 1 saturated heterocycles. The summed E-state index contributed by atoms with van der Waals surface area (Å²) in [5.41, 5.74) is -0.722. The number of nitrogens with zero attached hydrogens (tertiary/aromatic N) is 5. The number of fused-ring (bicyclic) bond motifs is 1. The highest BCUT2D eigenvalue weighted by Gasteiger charge is 2.39. The molecule has 0 radical (unpaired) electrons. The maximum Gasteiger partial charge on any atom is 0.433 e. The monoisotopic (exact) mass is 587 g/mol. The number of carbonyl (C=O) groups is 1. The zero-order valence-electron chi connectivity index (χ0n) is 23.2. The summed E-state index contributed by atoms with van der Waals surface area (Å²) in [6, 6.07) is 10.1. The van der Waals surface area contributed by atoms with Crippen molar-refractivity contribution in [2.24, 2.45) is 0 Å². The highest BCUT2D eigenvalue weighted by atomic mass is 19.4. The van der Waals surface area contributed by atoms with Gasteiger partial charge in [-0.25, -0.2) is 13.9 Å². The molecule has 3 heterocycles. The van der Waals surface area contributed by atoms with Crippen LogP contribution in [0.5, 0.6) is 11.5 Å². The lowest BCUT2D eigenvalue weighted by molar-refractivity contribution is -0.143. The second kappa shape index (κ2) is 11.6. The van der Waals surface area contributed by atoms with E-state index in [9.17, 15) is 27.5 Å². The molecule has 42 heavy (non-hydrogen) atoms. The van der Waals surface area contributed by atoms with E-state index in [0.29, 0.717) is 21.6 Å². The van der Waals surface area contributed by atoms with E-state index in [4.69, 9.17) is 9.47 Å². The summed E-state index contributed by atoms with van der Waals surface area (Å²) in [5, 5.41) is 14.0. The number of aliphatic hydroxyl groups is 1. The molecule has 1 aliphatic rings. The van der Waals surface area contributed by atoms with Gasteiger partial charge in [0.25, 0.3) is 5.91 Å². The lowest BCUT2D eigenvalue weighted by Gasteiger charge is -2.39. The summed E-state index contributed by atoms with van der Waals surface area (Å²) in [5.74, 6) is -0.218. The predicted octanol–water partition coefficient (Wildman–Crippen LogP) is 4.37. The Balaban J connectivity index is 1.45. The Hall–Kier alpha value is -4.23. The Labute approximate surface area is 238 Å². The second-order valence-corrected chi connectivity index (χ2v) is 9.84. The molecule has 0 saturated carbocycles. The van der Waals surface area contributed by atoms with Gasteiger partial charge in [-0.1, -0.05) is 6.07 Å². The topological polar surface area (TPSA) is 92.4 Å². The molecule has 0 bridgehead atoms. The van der Waals surface area contributed by atoms with Gasteiger partial charge in [0.15, 0.2) is 11.3 Å². The van der Waals surface area contributed by atoms with Crippen LogP contribution in [0.1, 0.15) is 33.2 Å². The fourth-order valence-electron chi connectivity index (χ4n) is 5.40. The number of methoxy groups -OCH3 is 2. The summed E-state index contributed by atoms with van der Waals surface area (Å²) in [6.07, 6.45) is -3.66. The van der Waals surface area contributed by atoms with Crippen LogP contribution in [0.3, 0.4) is 0 Å². The molecule has 0 spiro atoms. The minimum atomic E-state index is -4.77. The van der Waals surface area contributed by atoms with E-state index < -0.39 is 29.6 Å². The van der Waals surface area contributed by atoms with Gasteiger partial charge in [0.1, 0.15) is 22.9 Å². The molecule has 2 aromatic heterocycles. The van der Waals surface area contributed by atoms with Crippen molar-refractivity contribution in [1.82, 2.24) is 24.4 Å². The maximum absolute atomic E-state index is 14.7. The van der Waals surface area contributed by atoms with Crippen molar-refractivity contribution in [2.45, 2.75) is 19.1 Å². The third-order valence-electron chi connectivity index (χ3n) is 7.53. The lowest BCUT2D eigenvalue weighted by atomic mass is 10.0. The van der Waals surface area contributed by atoms with Crippen LogP contribution in [0.15, 0.2) is 48.7 Å². The average molecular weight is 588 g/mol. The molecule has 2 aromatic carbocycles. The van der Waals surface area contributed by atoms with Crippen molar-refractivity contribution in [3.63, 3.8) is 0 Å². The first-order valence-electron chi connectivity index (χ1n) is 13.2. The molecule has 5 rings (SSSR count). The third-order valence-corrected chi connectivity index (χ3v) is 7.53. The number of ether oxygens (including phenoxy) is 2. The van der Waals surface area contributed by atoms with Gasteiger partial charge < -0.3 is 19.5 Å². The number of alkyl halides is 3. The number of carbonyl (C=O) groups excluding carboxylic acids is 1. The van der Waals surface area contributed by atoms with Crippen molar-refractivity contribution in [3.05, 3.63) is 76.9 Å². The first-order valence-corrected chi connectivity index (χ1v) is 13.2. The van der Waals surface area contributed by atoms with E-state index >= 15 is 0 Å². The number of amides is 1. The van der Waals surface area contributed by atoms with Crippen LogP contribution >= 0.6 is 0 Å². The molecule has 1 N–H and O–H groups in total. The Morgan fingerprint density at radius 2 is 1.74 bits per heavy atom. The van der Waals surface area contributed by atoms with Crippen LogP contribution in [-0.4, -0.2) is 82.4 Å². The molecule has 1 atom stereocenters. The van der Waals surface area contributed by atoms with Crippen molar-refractivity contribution in [3.8, 4) is 22.8 Å². The molecule has 1 amide bonds. The van der Waals surface area contributed by atoms with Crippen LogP contribution in [0.2, 0.25) is 0 Å². The summed E-state index contributed by atoms with van der Waals surface area (Å²) < 4.78 is 68.6. The third kappa shape index (κ3) is 5.25. The van der Waals surface area contributed by atoms with E-state index in [1.54, 1.807) is 30.3 Å². The van der Waals surface area contributed by atoms with Crippen LogP contribution in [0, 0.1) is 12.7 Å². The van der Waals surface area contributed by atoms with Gasteiger partial charge in [-0.2, -0.15) is 18.3 Å². The molecule has 1 fully saturated rings. The molecule has 0 unspecified atom stereocenters. The predicted molar refractivity (Wildman–Crippen MR) is 145 cm³/mol. The number of hydrogen-bond donors (Lipinski definition) is 1. The number of halogens is 4.